The number of carbonyl (C=O) groups is 4. The summed E-state index contributed by atoms with van der Waals surface area (Å²) in [5.41, 5.74) is -4.22. The van der Waals surface area contributed by atoms with Gasteiger partial charge in [-0.05, 0) is 67.2 Å². The molecule has 0 heterocycles. The maximum absolute atomic E-state index is 13.7. The van der Waals surface area contributed by atoms with E-state index in [9.17, 15) is 19.2 Å². The summed E-state index contributed by atoms with van der Waals surface area (Å²) in [6, 6.07) is 0. The summed E-state index contributed by atoms with van der Waals surface area (Å²) in [6.45, 7) is 17.9. The van der Waals surface area contributed by atoms with Crippen LogP contribution in [-0.4, -0.2) is 23.9 Å². The van der Waals surface area contributed by atoms with Crippen molar-refractivity contribution in [3.63, 3.8) is 0 Å². The smallest absolute Gasteiger partial charge is 0.320 e. The summed E-state index contributed by atoms with van der Waals surface area (Å²) in [7, 11) is 0. The minimum atomic E-state index is -1.25. The largest absolute Gasteiger partial charge is 0.392 e. The highest BCUT2D eigenvalue weighted by Gasteiger charge is 2.61. The molecule has 0 aliphatic rings. The van der Waals surface area contributed by atoms with Crippen LogP contribution in [0.25, 0.3) is 0 Å². The molecular weight excluding hydrogens is 408 g/mol. The van der Waals surface area contributed by atoms with Crippen molar-refractivity contribution in [3.05, 3.63) is 0 Å². The minimum Gasteiger partial charge on any atom is -0.392 e. The molecule has 0 saturated heterocycles. The second kappa shape index (κ2) is 11.9. The Morgan fingerprint density at radius 3 is 0.844 bits per heavy atom. The molecule has 186 valence electrons. The van der Waals surface area contributed by atoms with Gasteiger partial charge in [-0.1, -0.05) is 53.4 Å². The summed E-state index contributed by atoms with van der Waals surface area (Å²) >= 11 is 0. The zero-order valence-electron chi connectivity index (χ0n) is 22.1. The third kappa shape index (κ3) is 6.89. The SMILES string of the molecule is CCCC(CCC)(C(=O)OC(=O)C(C)(C)C)C(CCC)(CCC)C(=O)OC(=O)C(C)(C)C. The molecular formula is C26H46O6. The Hall–Kier alpha value is -1.72. The van der Waals surface area contributed by atoms with Crippen LogP contribution in [0.5, 0.6) is 0 Å². The van der Waals surface area contributed by atoms with Crippen LogP contribution in [0, 0.1) is 21.7 Å². The quantitative estimate of drug-likeness (QED) is 0.265. The molecule has 0 bridgehead atoms. The summed E-state index contributed by atoms with van der Waals surface area (Å²) in [6.07, 6.45) is 3.96. The molecule has 0 unspecified atom stereocenters. The standard InChI is InChI=1S/C26H46O6/c1-11-15-25(16-12-2,21(29)31-19(27)23(5,6)7)26(17-13-3,18-14-4)22(30)32-20(28)24(8,9)10/h11-18H2,1-10H3. The Kier molecular flexibility index (Phi) is 11.3. The highest BCUT2D eigenvalue weighted by Crippen LogP contribution is 2.54. The molecule has 0 rings (SSSR count). The maximum Gasteiger partial charge on any atom is 0.320 e. The van der Waals surface area contributed by atoms with Gasteiger partial charge < -0.3 is 9.47 Å². The molecule has 0 N–H and O–H groups in total. The molecule has 6 nitrogen and oxygen atoms in total. The van der Waals surface area contributed by atoms with Gasteiger partial charge in [0.2, 0.25) is 0 Å². The van der Waals surface area contributed by atoms with Gasteiger partial charge in [0.25, 0.3) is 0 Å². The fourth-order valence-electron chi connectivity index (χ4n) is 4.38. The molecule has 0 aromatic heterocycles. The van der Waals surface area contributed by atoms with Gasteiger partial charge in [-0.3, -0.25) is 19.2 Å². The number of carbonyl (C=O) groups excluding carboxylic acids is 4. The van der Waals surface area contributed by atoms with Gasteiger partial charge in [-0.2, -0.15) is 0 Å². The molecule has 0 fully saturated rings. The van der Waals surface area contributed by atoms with Crippen LogP contribution < -0.4 is 0 Å². The molecule has 0 aliphatic heterocycles. The van der Waals surface area contributed by atoms with Crippen molar-refractivity contribution in [1.29, 1.82) is 0 Å². The van der Waals surface area contributed by atoms with Crippen molar-refractivity contribution in [3.8, 4) is 0 Å². The number of ether oxygens (including phenoxy) is 2. The van der Waals surface area contributed by atoms with Crippen LogP contribution in [0.3, 0.4) is 0 Å². The average Bonchev–Trinajstić information content (AvgIpc) is 2.65. The summed E-state index contributed by atoms with van der Waals surface area (Å²) in [5, 5.41) is 0. The van der Waals surface area contributed by atoms with Gasteiger partial charge in [0.15, 0.2) is 0 Å². The molecule has 0 aliphatic carbocycles. The zero-order valence-corrected chi connectivity index (χ0v) is 22.1. The van der Waals surface area contributed by atoms with Crippen LogP contribution in [0.15, 0.2) is 0 Å². The fraction of sp³-hybridized carbons (Fsp3) is 0.846. The van der Waals surface area contributed by atoms with E-state index in [1.165, 1.54) is 0 Å². The average molecular weight is 455 g/mol. The number of esters is 4. The van der Waals surface area contributed by atoms with Crippen molar-refractivity contribution in [2.75, 3.05) is 0 Å². The van der Waals surface area contributed by atoms with Gasteiger partial charge >= 0.3 is 23.9 Å². The van der Waals surface area contributed by atoms with Crippen LogP contribution in [0.4, 0.5) is 0 Å². The summed E-state index contributed by atoms with van der Waals surface area (Å²) in [4.78, 5) is 52.8. The van der Waals surface area contributed by atoms with E-state index in [-0.39, 0.29) is 0 Å². The zero-order chi connectivity index (χ0) is 25.4. The van der Waals surface area contributed by atoms with Gasteiger partial charge in [0, 0.05) is 0 Å². The van der Waals surface area contributed by atoms with Gasteiger partial charge in [-0.25, -0.2) is 0 Å². The van der Waals surface area contributed by atoms with Crippen molar-refractivity contribution in [1.82, 2.24) is 0 Å². The molecule has 0 amide bonds. The number of rotatable bonds is 11. The van der Waals surface area contributed by atoms with Crippen LogP contribution in [0.2, 0.25) is 0 Å². The van der Waals surface area contributed by atoms with Crippen molar-refractivity contribution < 1.29 is 28.7 Å². The Morgan fingerprint density at radius 1 is 0.469 bits per heavy atom. The van der Waals surface area contributed by atoms with Gasteiger partial charge in [-0.15, -0.1) is 0 Å². The first kappa shape index (κ1) is 30.3. The highest BCUT2D eigenvalue weighted by molar-refractivity contribution is 5.98. The fourth-order valence-corrected chi connectivity index (χ4v) is 4.38. The third-order valence-electron chi connectivity index (χ3n) is 6.00. The molecule has 0 aromatic rings. The number of hydrogen-bond acceptors (Lipinski definition) is 6. The lowest BCUT2D eigenvalue weighted by Gasteiger charge is -2.47. The Morgan fingerprint density at radius 2 is 0.688 bits per heavy atom. The second-order valence-electron chi connectivity index (χ2n) is 11.0. The first-order valence-corrected chi connectivity index (χ1v) is 12.1. The molecule has 0 aromatic carbocycles. The van der Waals surface area contributed by atoms with E-state index in [4.69, 9.17) is 9.47 Å². The lowest BCUT2D eigenvalue weighted by atomic mass is 9.55. The van der Waals surface area contributed by atoms with Gasteiger partial charge in [0.05, 0.1) is 21.7 Å². The Labute approximate surface area is 195 Å². The Balaban J connectivity index is 6.82. The Bertz CT molecular complexity index is 593. The van der Waals surface area contributed by atoms with Crippen molar-refractivity contribution in [2.45, 2.75) is 121 Å². The molecule has 0 atom stereocenters. The summed E-state index contributed by atoms with van der Waals surface area (Å²) < 4.78 is 10.9. The van der Waals surface area contributed by atoms with Crippen molar-refractivity contribution >= 4 is 23.9 Å². The van der Waals surface area contributed by atoms with E-state index in [2.05, 4.69) is 0 Å². The van der Waals surface area contributed by atoms with E-state index in [0.29, 0.717) is 51.4 Å². The molecule has 6 heteroatoms. The van der Waals surface area contributed by atoms with Crippen molar-refractivity contribution in [2.24, 2.45) is 21.7 Å². The monoisotopic (exact) mass is 454 g/mol. The van der Waals surface area contributed by atoms with Crippen LogP contribution >= 0.6 is 0 Å². The predicted molar refractivity (Wildman–Crippen MR) is 126 cm³/mol. The summed E-state index contributed by atoms with van der Waals surface area (Å²) in [5.74, 6) is -2.61. The van der Waals surface area contributed by atoms with Crippen LogP contribution in [0.1, 0.15) is 121 Å². The van der Waals surface area contributed by atoms with E-state index >= 15 is 0 Å². The maximum atomic E-state index is 13.7. The highest BCUT2D eigenvalue weighted by atomic mass is 16.6. The third-order valence-corrected chi connectivity index (χ3v) is 6.00. The molecule has 0 radical (unpaired) electrons. The van der Waals surface area contributed by atoms with Crippen LogP contribution in [-0.2, 0) is 28.7 Å². The first-order valence-electron chi connectivity index (χ1n) is 12.1. The number of hydrogen-bond donors (Lipinski definition) is 0. The minimum absolute atomic E-state index is 0.371. The first-order chi connectivity index (χ1) is 14.6. The molecule has 32 heavy (non-hydrogen) atoms. The normalized spacial score (nSPS) is 12.9. The van der Waals surface area contributed by atoms with E-state index in [1.54, 1.807) is 41.5 Å². The van der Waals surface area contributed by atoms with Gasteiger partial charge in [0.1, 0.15) is 0 Å². The lowest BCUT2D eigenvalue weighted by molar-refractivity contribution is -0.195. The topological polar surface area (TPSA) is 86.7 Å². The van der Waals surface area contributed by atoms with E-state index in [1.807, 2.05) is 27.7 Å². The van der Waals surface area contributed by atoms with E-state index < -0.39 is 45.5 Å². The van der Waals surface area contributed by atoms with E-state index in [0.717, 1.165) is 0 Å². The second-order valence-corrected chi connectivity index (χ2v) is 11.0. The predicted octanol–water partition coefficient (Wildman–Crippen LogP) is 6.39. The molecule has 0 spiro atoms. The molecule has 0 saturated carbocycles. The lowest BCUT2D eigenvalue weighted by Crippen LogP contribution is -2.55.